The number of nitrogens with zero attached hydrogens (tertiary/aromatic N) is 1. The number of rotatable bonds is 8. The Labute approximate surface area is 244 Å². The van der Waals surface area contributed by atoms with E-state index in [4.69, 9.17) is 21.1 Å². The molecule has 3 aromatic carbocycles. The molecule has 7 nitrogen and oxygen atoms in total. The number of imide groups is 1. The Morgan fingerprint density at radius 1 is 1.12 bits per heavy atom. The Morgan fingerprint density at radius 3 is 2.58 bits per heavy atom. The van der Waals surface area contributed by atoms with Gasteiger partial charge in [-0.3, -0.25) is 19.3 Å². The minimum absolute atomic E-state index is 0.0514. The summed E-state index contributed by atoms with van der Waals surface area (Å²) in [6.07, 6.45) is -3.13. The van der Waals surface area contributed by atoms with Crippen LogP contribution < -0.4 is 14.8 Å². The van der Waals surface area contributed by atoms with Gasteiger partial charge in [0.1, 0.15) is 13.2 Å². The summed E-state index contributed by atoms with van der Waals surface area (Å²) in [5.74, 6) is -0.790. The van der Waals surface area contributed by atoms with Crippen molar-refractivity contribution < 1.29 is 37.0 Å². The molecule has 0 unspecified atom stereocenters. The minimum Gasteiger partial charge on any atom is -0.493 e. The van der Waals surface area contributed by atoms with Gasteiger partial charge in [0.05, 0.1) is 22.1 Å². The molecule has 3 aromatic rings. The van der Waals surface area contributed by atoms with Crippen molar-refractivity contribution in [2.24, 2.45) is 0 Å². The molecule has 4 rings (SSSR count). The number of ether oxygens (including phenoxy) is 2. The number of hydrogen-bond acceptors (Lipinski definition) is 6. The number of benzene rings is 3. The second-order valence-electron chi connectivity index (χ2n) is 8.31. The topological polar surface area (TPSA) is 84.9 Å². The molecule has 1 fully saturated rings. The third-order valence-corrected chi connectivity index (χ3v) is 7.39. The van der Waals surface area contributed by atoms with E-state index >= 15 is 0 Å². The first-order chi connectivity index (χ1) is 19.0. The fraction of sp³-hybridized carbons (Fsp3) is 0.148. The average Bonchev–Trinajstić information content (AvgIpc) is 3.15. The van der Waals surface area contributed by atoms with Crippen LogP contribution in [0.25, 0.3) is 6.08 Å². The van der Waals surface area contributed by atoms with E-state index < -0.39 is 35.3 Å². The van der Waals surface area contributed by atoms with Crippen molar-refractivity contribution in [1.29, 1.82) is 0 Å². The molecule has 0 aromatic heterocycles. The van der Waals surface area contributed by atoms with Gasteiger partial charge in [-0.2, -0.15) is 13.2 Å². The number of hydrogen-bond donors (Lipinski definition) is 1. The van der Waals surface area contributed by atoms with Crippen LogP contribution >= 0.6 is 39.3 Å². The molecule has 1 aliphatic rings. The average molecular weight is 656 g/mol. The highest BCUT2D eigenvalue weighted by molar-refractivity contribution is 9.10. The molecule has 3 amide bonds. The number of alkyl halides is 3. The van der Waals surface area contributed by atoms with E-state index in [1.165, 1.54) is 19.3 Å². The predicted octanol–water partition coefficient (Wildman–Crippen LogP) is 7.38. The first kappa shape index (κ1) is 29.5. The summed E-state index contributed by atoms with van der Waals surface area (Å²) >= 11 is 10.3. The summed E-state index contributed by atoms with van der Waals surface area (Å²) < 4.78 is 50.7. The van der Waals surface area contributed by atoms with Crippen LogP contribution in [-0.4, -0.2) is 35.6 Å². The molecule has 40 heavy (non-hydrogen) atoms. The molecule has 0 saturated carbocycles. The second kappa shape index (κ2) is 12.4. The Balaban J connectivity index is 1.46. The maximum atomic E-state index is 12.9. The van der Waals surface area contributed by atoms with Crippen molar-refractivity contribution in [3.63, 3.8) is 0 Å². The van der Waals surface area contributed by atoms with Gasteiger partial charge in [-0.05, 0) is 75.7 Å². The van der Waals surface area contributed by atoms with E-state index in [2.05, 4.69) is 21.2 Å². The van der Waals surface area contributed by atoms with E-state index in [-0.39, 0.29) is 17.2 Å². The molecule has 13 heteroatoms. The summed E-state index contributed by atoms with van der Waals surface area (Å²) in [6.45, 7) is -0.491. The molecule has 0 aliphatic carbocycles. The van der Waals surface area contributed by atoms with Crippen molar-refractivity contribution in [3.05, 3.63) is 91.8 Å². The van der Waals surface area contributed by atoms with Gasteiger partial charge in [0.15, 0.2) is 11.5 Å². The zero-order valence-electron chi connectivity index (χ0n) is 20.6. The smallest absolute Gasteiger partial charge is 0.416 e. The third-order valence-electron chi connectivity index (χ3n) is 5.53. The third kappa shape index (κ3) is 6.98. The normalized spacial score (nSPS) is 14.6. The van der Waals surface area contributed by atoms with Gasteiger partial charge in [0.25, 0.3) is 11.1 Å². The monoisotopic (exact) mass is 654 g/mol. The van der Waals surface area contributed by atoms with E-state index in [1.54, 1.807) is 18.2 Å². The Kier molecular flexibility index (Phi) is 9.12. The van der Waals surface area contributed by atoms with Crippen molar-refractivity contribution in [2.45, 2.75) is 12.8 Å². The van der Waals surface area contributed by atoms with Crippen molar-refractivity contribution in [3.8, 4) is 11.5 Å². The number of carbonyl (C=O) groups excluding carboxylic acids is 3. The molecule has 0 spiro atoms. The van der Waals surface area contributed by atoms with Crippen LogP contribution in [0.5, 0.6) is 11.5 Å². The quantitative estimate of drug-likeness (QED) is 0.255. The summed E-state index contributed by atoms with van der Waals surface area (Å²) in [7, 11) is 1.45. The summed E-state index contributed by atoms with van der Waals surface area (Å²) in [5, 5.41) is 2.14. The standard InChI is InChI=1S/C27H19BrClF3N2O5S/c1-38-21-10-15(9-19(28)24(21)39-14-16-5-2-3-8-20(16)29)11-22-25(36)34(26(37)40-22)13-23(35)33-18-7-4-6-17(12-18)27(30,31)32/h2-12H,13-14H2,1H3,(H,33,35)/b22-11-. The molecule has 1 N–H and O–H groups in total. The number of thioether (sulfide) groups is 1. The van der Waals surface area contributed by atoms with Gasteiger partial charge in [0, 0.05) is 16.3 Å². The molecular weight excluding hydrogens is 637 g/mol. The highest BCUT2D eigenvalue weighted by atomic mass is 79.9. The highest BCUT2D eigenvalue weighted by Gasteiger charge is 2.36. The lowest BCUT2D eigenvalue weighted by Gasteiger charge is -2.14. The number of halogens is 5. The van der Waals surface area contributed by atoms with Crippen LogP contribution in [0.2, 0.25) is 5.02 Å². The summed E-state index contributed by atoms with van der Waals surface area (Å²) in [4.78, 5) is 38.6. The first-order valence-corrected chi connectivity index (χ1v) is 13.4. The zero-order valence-corrected chi connectivity index (χ0v) is 23.7. The van der Waals surface area contributed by atoms with Gasteiger partial charge < -0.3 is 14.8 Å². The number of methoxy groups -OCH3 is 1. The maximum absolute atomic E-state index is 12.9. The van der Waals surface area contributed by atoms with Crippen LogP contribution in [-0.2, 0) is 22.4 Å². The lowest BCUT2D eigenvalue weighted by Crippen LogP contribution is -2.36. The van der Waals surface area contributed by atoms with E-state index in [1.807, 2.05) is 18.2 Å². The van der Waals surface area contributed by atoms with E-state index in [9.17, 15) is 27.6 Å². The van der Waals surface area contributed by atoms with Crippen molar-refractivity contribution in [2.75, 3.05) is 19.0 Å². The second-order valence-corrected chi connectivity index (χ2v) is 10.6. The maximum Gasteiger partial charge on any atom is 0.416 e. The molecule has 0 bridgehead atoms. The highest BCUT2D eigenvalue weighted by Crippen LogP contribution is 2.40. The molecule has 0 radical (unpaired) electrons. The van der Waals surface area contributed by atoms with E-state index in [0.29, 0.717) is 43.2 Å². The Hall–Kier alpha value is -3.48. The lowest BCUT2D eigenvalue weighted by molar-refractivity contribution is -0.137. The van der Waals surface area contributed by atoms with Gasteiger partial charge in [-0.1, -0.05) is 35.9 Å². The van der Waals surface area contributed by atoms with Gasteiger partial charge >= 0.3 is 6.18 Å². The predicted molar refractivity (Wildman–Crippen MR) is 149 cm³/mol. The van der Waals surface area contributed by atoms with Gasteiger partial charge in [-0.15, -0.1) is 0 Å². The van der Waals surface area contributed by atoms with Gasteiger partial charge in [-0.25, -0.2) is 0 Å². The molecule has 1 saturated heterocycles. The largest absolute Gasteiger partial charge is 0.493 e. The van der Waals surface area contributed by atoms with Crippen LogP contribution in [0.1, 0.15) is 16.7 Å². The van der Waals surface area contributed by atoms with Crippen LogP contribution in [0.4, 0.5) is 23.7 Å². The SMILES string of the molecule is COc1cc(/C=C2\SC(=O)N(CC(=O)Nc3cccc(C(F)(F)F)c3)C2=O)cc(Br)c1OCc1ccccc1Cl. The molecule has 1 heterocycles. The van der Waals surface area contributed by atoms with Crippen molar-refractivity contribution >= 4 is 68.1 Å². The fourth-order valence-corrected chi connectivity index (χ4v) is 5.24. The minimum atomic E-state index is -4.59. The zero-order chi connectivity index (χ0) is 29.0. The molecule has 1 aliphatic heterocycles. The van der Waals surface area contributed by atoms with Crippen LogP contribution in [0, 0.1) is 0 Å². The number of carbonyl (C=O) groups is 3. The number of amides is 3. The number of anilines is 1. The molecule has 208 valence electrons. The Morgan fingerprint density at radius 2 is 1.88 bits per heavy atom. The van der Waals surface area contributed by atoms with Gasteiger partial charge in [0.2, 0.25) is 5.91 Å². The van der Waals surface area contributed by atoms with Crippen LogP contribution in [0.3, 0.4) is 0 Å². The number of nitrogens with one attached hydrogen (secondary N) is 1. The fourth-order valence-electron chi connectivity index (χ4n) is 3.63. The van der Waals surface area contributed by atoms with Crippen molar-refractivity contribution in [1.82, 2.24) is 4.90 Å². The summed E-state index contributed by atoms with van der Waals surface area (Å²) in [5.41, 5.74) is 0.220. The van der Waals surface area contributed by atoms with E-state index in [0.717, 1.165) is 23.8 Å². The summed E-state index contributed by atoms with van der Waals surface area (Å²) in [6, 6.07) is 14.5. The lowest BCUT2D eigenvalue weighted by atomic mass is 10.1. The first-order valence-electron chi connectivity index (χ1n) is 11.4. The molecule has 0 atom stereocenters. The molecular formula is C27H19BrClF3N2O5S. The van der Waals surface area contributed by atoms with Crippen LogP contribution in [0.15, 0.2) is 70.0 Å². The Bertz CT molecular complexity index is 1520.